The molecule has 0 radical (unpaired) electrons. The van der Waals surface area contributed by atoms with Crippen LogP contribution in [-0.4, -0.2) is 16.4 Å². The number of phenolic OH excluding ortho intramolecular Hbond substituents is 1. The molecule has 3 aromatic carbocycles. The van der Waals surface area contributed by atoms with Crippen LogP contribution in [0.4, 0.5) is 5.69 Å². The summed E-state index contributed by atoms with van der Waals surface area (Å²) >= 11 is 11.1. The van der Waals surface area contributed by atoms with Crippen molar-refractivity contribution in [2.75, 3.05) is 5.32 Å². The van der Waals surface area contributed by atoms with Gasteiger partial charge in [-0.3, -0.25) is 5.43 Å². The first-order valence-corrected chi connectivity index (χ1v) is 7.98. The highest BCUT2D eigenvalue weighted by Crippen LogP contribution is 2.25. The van der Waals surface area contributed by atoms with Gasteiger partial charge < -0.3 is 10.4 Å². The first kappa shape index (κ1) is 16.2. The highest BCUT2D eigenvalue weighted by atomic mass is 35.5. The largest absolute Gasteiger partial charge is 0.507 e. The molecular formula is C18H14ClN3OS. The van der Waals surface area contributed by atoms with Crippen molar-refractivity contribution in [3.8, 4) is 5.75 Å². The summed E-state index contributed by atoms with van der Waals surface area (Å²) < 4.78 is 0. The first-order chi connectivity index (χ1) is 11.6. The van der Waals surface area contributed by atoms with Crippen LogP contribution in [-0.2, 0) is 0 Å². The number of nitrogens with zero attached hydrogens (tertiary/aromatic N) is 1. The van der Waals surface area contributed by atoms with Crippen molar-refractivity contribution >= 4 is 51.6 Å². The molecule has 0 unspecified atom stereocenters. The Labute approximate surface area is 149 Å². The molecule has 0 amide bonds. The van der Waals surface area contributed by atoms with Crippen molar-refractivity contribution in [2.24, 2.45) is 5.10 Å². The zero-order valence-corrected chi connectivity index (χ0v) is 14.1. The van der Waals surface area contributed by atoms with Crippen molar-refractivity contribution in [2.45, 2.75) is 0 Å². The second-order valence-electron chi connectivity index (χ2n) is 5.05. The maximum absolute atomic E-state index is 10.1. The molecule has 0 bridgehead atoms. The van der Waals surface area contributed by atoms with Crippen molar-refractivity contribution in [3.63, 3.8) is 0 Å². The van der Waals surface area contributed by atoms with Crippen molar-refractivity contribution in [1.29, 1.82) is 0 Å². The predicted octanol–water partition coefficient (Wildman–Crippen LogP) is 4.52. The average molecular weight is 356 g/mol. The number of hydrazone groups is 1. The monoisotopic (exact) mass is 355 g/mol. The van der Waals surface area contributed by atoms with E-state index in [1.165, 1.54) is 0 Å². The third-order valence-corrected chi connectivity index (χ3v) is 3.82. The van der Waals surface area contributed by atoms with Gasteiger partial charge in [-0.25, -0.2) is 0 Å². The molecular weight excluding hydrogens is 342 g/mol. The molecule has 0 heterocycles. The van der Waals surface area contributed by atoms with E-state index in [-0.39, 0.29) is 5.75 Å². The minimum Gasteiger partial charge on any atom is -0.507 e. The summed E-state index contributed by atoms with van der Waals surface area (Å²) in [6.45, 7) is 0. The molecule has 120 valence electrons. The molecule has 0 atom stereocenters. The smallest absolute Gasteiger partial charge is 0.191 e. The van der Waals surface area contributed by atoms with Gasteiger partial charge in [0.15, 0.2) is 5.11 Å². The van der Waals surface area contributed by atoms with E-state index in [4.69, 9.17) is 23.8 Å². The minimum atomic E-state index is 0.160. The second kappa shape index (κ2) is 7.29. The van der Waals surface area contributed by atoms with Gasteiger partial charge in [0.05, 0.1) is 6.21 Å². The highest BCUT2D eigenvalue weighted by molar-refractivity contribution is 7.80. The number of anilines is 1. The predicted molar refractivity (Wildman–Crippen MR) is 104 cm³/mol. The SMILES string of the molecule is Oc1ccc2ccccc2c1C=NNC(=S)Nc1cccc(Cl)c1. The van der Waals surface area contributed by atoms with Crippen LogP contribution < -0.4 is 10.7 Å². The lowest BCUT2D eigenvalue weighted by Gasteiger charge is -2.08. The number of rotatable bonds is 3. The van der Waals surface area contributed by atoms with Crippen molar-refractivity contribution in [1.82, 2.24) is 5.43 Å². The van der Waals surface area contributed by atoms with Crippen LogP contribution in [0.25, 0.3) is 10.8 Å². The van der Waals surface area contributed by atoms with Crippen LogP contribution in [0.1, 0.15) is 5.56 Å². The Morgan fingerprint density at radius 3 is 2.75 bits per heavy atom. The van der Waals surface area contributed by atoms with E-state index in [0.717, 1.165) is 16.5 Å². The van der Waals surface area contributed by atoms with Gasteiger partial charge >= 0.3 is 0 Å². The number of benzene rings is 3. The molecule has 4 nitrogen and oxygen atoms in total. The van der Waals surface area contributed by atoms with Crippen molar-refractivity contribution < 1.29 is 5.11 Å². The van der Waals surface area contributed by atoms with Crippen LogP contribution in [0.5, 0.6) is 5.75 Å². The molecule has 0 fully saturated rings. The van der Waals surface area contributed by atoms with Gasteiger partial charge in [-0.05, 0) is 47.3 Å². The summed E-state index contributed by atoms with van der Waals surface area (Å²) in [6.07, 6.45) is 1.55. The molecule has 3 aromatic rings. The summed E-state index contributed by atoms with van der Waals surface area (Å²) in [7, 11) is 0. The summed E-state index contributed by atoms with van der Waals surface area (Å²) in [5.41, 5.74) is 4.12. The van der Waals surface area contributed by atoms with Crippen molar-refractivity contribution in [3.05, 3.63) is 71.2 Å². The lowest BCUT2D eigenvalue weighted by atomic mass is 10.0. The Morgan fingerprint density at radius 2 is 1.92 bits per heavy atom. The van der Waals surface area contributed by atoms with Crippen LogP contribution in [0.15, 0.2) is 65.8 Å². The number of phenols is 1. The summed E-state index contributed by atoms with van der Waals surface area (Å²) in [6, 6.07) is 18.5. The number of aromatic hydroxyl groups is 1. The molecule has 3 N–H and O–H groups in total. The van der Waals surface area contributed by atoms with E-state index in [1.54, 1.807) is 24.4 Å². The topological polar surface area (TPSA) is 56.7 Å². The average Bonchev–Trinajstić information content (AvgIpc) is 2.57. The lowest BCUT2D eigenvalue weighted by Crippen LogP contribution is -2.23. The standard InChI is InChI=1S/C18H14ClN3OS/c19-13-5-3-6-14(10-13)21-18(24)22-20-11-16-15-7-2-1-4-12(15)8-9-17(16)23/h1-11,23H,(H2,21,22,24). The zero-order chi connectivity index (χ0) is 16.9. The number of thiocarbonyl (C=S) groups is 1. The van der Waals surface area contributed by atoms with E-state index >= 15 is 0 Å². The summed E-state index contributed by atoms with van der Waals surface area (Å²) in [5.74, 6) is 0.160. The molecule has 0 saturated heterocycles. The van der Waals surface area contributed by atoms with Crippen LogP contribution >= 0.6 is 23.8 Å². The summed E-state index contributed by atoms with van der Waals surface area (Å²) in [5, 5.41) is 20.0. The maximum atomic E-state index is 10.1. The van der Waals surface area contributed by atoms with Crippen LogP contribution in [0, 0.1) is 0 Å². The highest BCUT2D eigenvalue weighted by Gasteiger charge is 2.04. The molecule has 3 rings (SSSR count). The van der Waals surface area contributed by atoms with Gasteiger partial charge in [-0.1, -0.05) is 48.0 Å². The Morgan fingerprint density at radius 1 is 1.08 bits per heavy atom. The summed E-state index contributed by atoms with van der Waals surface area (Å²) in [4.78, 5) is 0. The fraction of sp³-hybridized carbons (Fsp3) is 0. The zero-order valence-electron chi connectivity index (χ0n) is 12.5. The van der Waals surface area contributed by atoms with Crippen LogP contribution in [0.3, 0.4) is 0 Å². The Hall–Kier alpha value is -2.63. The van der Waals surface area contributed by atoms with E-state index in [9.17, 15) is 5.11 Å². The molecule has 0 aliphatic heterocycles. The van der Waals surface area contributed by atoms with Crippen LogP contribution in [0.2, 0.25) is 5.02 Å². The van der Waals surface area contributed by atoms with E-state index in [0.29, 0.717) is 15.7 Å². The molecule has 6 heteroatoms. The molecule has 0 spiro atoms. The molecule has 0 saturated carbocycles. The van der Waals surface area contributed by atoms with Gasteiger partial charge in [-0.2, -0.15) is 5.10 Å². The number of halogens is 1. The van der Waals surface area contributed by atoms with E-state index < -0.39 is 0 Å². The molecule has 0 aliphatic rings. The van der Waals surface area contributed by atoms with Gasteiger partial charge in [0.1, 0.15) is 5.75 Å². The van der Waals surface area contributed by atoms with Gasteiger partial charge in [0, 0.05) is 16.3 Å². The van der Waals surface area contributed by atoms with E-state index in [1.807, 2.05) is 42.5 Å². The fourth-order valence-electron chi connectivity index (χ4n) is 2.30. The molecule has 24 heavy (non-hydrogen) atoms. The minimum absolute atomic E-state index is 0.160. The Kier molecular flexibility index (Phi) is 4.93. The number of hydrogen-bond donors (Lipinski definition) is 3. The molecule has 0 aliphatic carbocycles. The normalized spacial score (nSPS) is 10.9. The van der Waals surface area contributed by atoms with Gasteiger partial charge in [-0.15, -0.1) is 0 Å². The molecule has 0 aromatic heterocycles. The number of fused-ring (bicyclic) bond motifs is 1. The quantitative estimate of drug-likeness (QED) is 0.367. The maximum Gasteiger partial charge on any atom is 0.191 e. The third-order valence-electron chi connectivity index (χ3n) is 3.39. The Bertz CT molecular complexity index is 927. The first-order valence-electron chi connectivity index (χ1n) is 7.20. The van der Waals surface area contributed by atoms with Gasteiger partial charge in [0.25, 0.3) is 0 Å². The lowest BCUT2D eigenvalue weighted by molar-refractivity contribution is 0.475. The van der Waals surface area contributed by atoms with E-state index in [2.05, 4.69) is 15.8 Å². The Balaban J connectivity index is 1.72. The second-order valence-corrected chi connectivity index (χ2v) is 5.90. The third kappa shape index (κ3) is 3.82. The van der Waals surface area contributed by atoms with Gasteiger partial charge in [0.2, 0.25) is 0 Å². The number of nitrogens with one attached hydrogen (secondary N) is 2. The number of hydrogen-bond acceptors (Lipinski definition) is 3. The fourth-order valence-corrected chi connectivity index (χ4v) is 2.66.